The number of nitrogens with zero attached hydrogens (tertiary/aromatic N) is 2. The summed E-state index contributed by atoms with van der Waals surface area (Å²) in [5.41, 5.74) is 2.97. The average molecular weight is 469 g/mol. The SMILES string of the molecule is C=CCN1CCC23C(=Nc4ccccc42)C(C(=O)OC)C[C@@H](CC(CCOC)C2OCCO2)C13. The van der Waals surface area contributed by atoms with Crippen LogP contribution >= 0.6 is 0 Å². The number of carbonyl (C=O) groups excluding carboxylic acids is 1. The number of aliphatic imine (C=N–C) groups is 1. The minimum Gasteiger partial charge on any atom is -0.469 e. The molecule has 184 valence electrons. The van der Waals surface area contributed by atoms with Crippen LogP contribution in [0.15, 0.2) is 41.9 Å². The maximum absolute atomic E-state index is 13.1. The molecule has 3 heterocycles. The van der Waals surface area contributed by atoms with Crippen molar-refractivity contribution in [3.63, 3.8) is 0 Å². The first kappa shape index (κ1) is 23.7. The molecule has 1 aliphatic carbocycles. The monoisotopic (exact) mass is 468 g/mol. The summed E-state index contributed by atoms with van der Waals surface area (Å²) >= 11 is 0. The lowest BCUT2D eigenvalue weighted by atomic mass is 9.57. The first-order valence-electron chi connectivity index (χ1n) is 12.5. The molecule has 4 unspecified atom stereocenters. The smallest absolute Gasteiger partial charge is 0.314 e. The molecule has 4 aliphatic rings. The Morgan fingerprint density at radius 2 is 2.12 bits per heavy atom. The highest BCUT2D eigenvalue weighted by Gasteiger charge is 2.63. The largest absolute Gasteiger partial charge is 0.469 e. The molecule has 5 atom stereocenters. The predicted octanol–water partition coefficient (Wildman–Crippen LogP) is 3.50. The van der Waals surface area contributed by atoms with E-state index in [0.29, 0.717) is 19.8 Å². The molecule has 0 bridgehead atoms. The molecule has 7 nitrogen and oxygen atoms in total. The molecular formula is C27H36N2O5. The summed E-state index contributed by atoms with van der Waals surface area (Å²) in [6, 6.07) is 8.65. The zero-order chi connectivity index (χ0) is 23.7. The molecule has 5 rings (SSSR count). The molecule has 0 aromatic heterocycles. The lowest BCUT2D eigenvalue weighted by molar-refractivity contribution is -0.144. The van der Waals surface area contributed by atoms with E-state index in [4.69, 9.17) is 23.9 Å². The second kappa shape index (κ2) is 9.90. The van der Waals surface area contributed by atoms with Gasteiger partial charge in [-0.05, 0) is 43.2 Å². The summed E-state index contributed by atoms with van der Waals surface area (Å²) in [7, 11) is 3.22. The number of fused-ring (bicyclic) bond motifs is 1. The van der Waals surface area contributed by atoms with Crippen molar-refractivity contribution in [3.8, 4) is 0 Å². The van der Waals surface area contributed by atoms with Gasteiger partial charge in [-0.1, -0.05) is 24.3 Å². The van der Waals surface area contributed by atoms with Crippen molar-refractivity contribution in [1.29, 1.82) is 0 Å². The lowest BCUT2D eigenvalue weighted by Gasteiger charge is -2.49. The number of para-hydroxylation sites is 1. The highest BCUT2D eigenvalue weighted by atomic mass is 16.7. The van der Waals surface area contributed by atoms with Gasteiger partial charge in [0.15, 0.2) is 6.29 Å². The van der Waals surface area contributed by atoms with Crippen LogP contribution in [0, 0.1) is 17.8 Å². The minimum atomic E-state index is -0.337. The molecule has 0 N–H and O–H groups in total. The van der Waals surface area contributed by atoms with Crippen LogP contribution in [-0.4, -0.2) is 76.0 Å². The van der Waals surface area contributed by atoms with Gasteiger partial charge in [0, 0.05) is 44.5 Å². The van der Waals surface area contributed by atoms with Gasteiger partial charge in [-0.15, -0.1) is 6.58 Å². The predicted molar refractivity (Wildman–Crippen MR) is 129 cm³/mol. The summed E-state index contributed by atoms with van der Waals surface area (Å²) in [5, 5.41) is 0. The van der Waals surface area contributed by atoms with E-state index >= 15 is 0 Å². The number of hydrogen-bond donors (Lipinski definition) is 0. The summed E-state index contributed by atoms with van der Waals surface area (Å²) in [6.45, 7) is 7.72. The standard InChI is InChI=1S/C27H36N2O5/c1-4-11-29-12-10-27-21-7-5-6-8-22(21)28-23(27)20(25(30)32-3)17-19(24(27)29)16-18(9-13-31-2)26-33-14-15-34-26/h4-8,18-20,24,26H,1,9-17H2,2-3H3/t18?,19-,20?,24?,27?/m1/s1. The highest BCUT2D eigenvalue weighted by molar-refractivity contribution is 6.13. The van der Waals surface area contributed by atoms with E-state index < -0.39 is 0 Å². The van der Waals surface area contributed by atoms with Gasteiger partial charge in [-0.3, -0.25) is 14.7 Å². The number of carbonyl (C=O) groups is 1. The Morgan fingerprint density at radius 1 is 1.32 bits per heavy atom. The second-order valence-electron chi connectivity index (χ2n) is 9.92. The molecule has 1 saturated carbocycles. The summed E-state index contributed by atoms with van der Waals surface area (Å²) < 4.78 is 22.7. The van der Waals surface area contributed by atoms with Crippen molar-refractivity contribution in [1.82, 2.24) is 4.90 Å². The van der Waals surface area contributed by atoms with E-state index in [1.165, 1.54) is 12.7 Å². The zero-order valence-electron chi connectivity index (χ0n) is 20.3. The number of esters is 1. The fourth-order valence-electron chi connectivity index (χ4n) is 7.06. The van der Waals surface area contributed by atoms with Crippen molar-refractivity contribution in [2.24, 2.45) is 22.7 Å². The third-order valence-electron chi connectivity index (χ3n) is 8.27. The highest BCUT2D eigenvalue weighted by Crippen LogP contribution is 2.58. The van der Waals surface area contributed by atoms with Gasteiger partial charge in [0.05, 0.1) is 37.3 Å². The van der Waals surface area contributed by atoms with E-state index in [-0.39, 0.29) is 41.5 Å². The number of methoxy groups -OCH3 is 2. The number of ether oxygens (including phenoxy) is 4. The van der Waals surface area contributed by atoms with Crippen LogP contribution in [-0.2, 0) is 29.2 Å². The first-order chi connectivity index (χ1) is 16.6. The second-order valence-corrected chi connectivity index (χ2v) is 9.92. The van der Waals surface area contributed by atoms with Crippen molar-refractivity contribution < 1.29 is 23.7 Å². The molecule has 1 aromatic carbocycles. The van der Waals surface area contributed by atoms with Gasteiger partial charge in [0.25, 0.3) is 0 Å². The molecule has 7 heteroatoms. The Bertz CT molecular complexity index is 943. The molecule has 1 aromatic rings. The topological polar surface area (TPSA) is 69.6 Å². The maximum Gasteiger partial charge on any atom is 0.314 e. The normalized spacial score (nSPS) is 31.5. The number of hydrogen-bond acceptors (Lipinski definition) is 7. The van der Waals surface area contributed by atoms with E-state index in [1.54, 1.807) is 7.11 Å². The van der Waals surface area contributed by atoms with Crippen LogP contribution in [0.2, 0.25) is 0 Å². The number of rotatable bonds is 9. The van der Waals surface area contributed by atoms with Gasteiger partial charge in [-0.2, -0.15) is 0 Å². The summed E-state index contributed by atoms with van der Waals surface area (Å²) in [6.07, 6.45) is 5.20. The van der Waals surface area contributed by atoms with Crippen molar-refractivity contribution >= 4 is 17.4 Å². The van der Waals surface area contributed by atoms with E-state index in [2.05, 4.69) is 29.7 Å². The Kier molecular flexibility index (Phi) is 6.89. The Balaban J connectivity index is 1.56. The maximum atomic E-state index is 13.1. The summed E-state index contributed by atoms with van der Waals surface area (Å²) in [5.74, 6) is -0.0652. The summed E-state index contributed by atoms with van der Waals surface area (Å²) in [4.78, 5) is 20.7. The molecular weight excluding hydrogens is 432 g/mol. The van der Waals surface area contributed by atoms with Crippen LogP contribution in [0.5, 0.6) is 0 Å². The molecule has 1 spiro atoms. The first-order valence-corrected chi connectivity index (χ1v) is 12.5. The van der Waals surface area contributed by atoms with Crippen molar-refractivity contribution in [2.45, 2.75) is 43.4 Å². The van der Waals surface area contributed by atoms with Crippen LogP contribution in [0.4, 0.5) is 5.69 Å². The molecule has 0 radical (unpaired) electrons. The van der Waals surface area contributed by atoms with Crippen molar-refractivity contribution in [2.75, 3.05) is 47.1 Å². The third-order valence-corrected chi connectivity index (χ3v) is 8.27. The molecule has 2 saturated heterocycles. The number of benzene rings is 1. The molecule has 0 amide bonds. The van der Waals surface area contributed by atoms with Crippen LogP contribution < -0.4 is 0 Å². The average Bonchev–Trinajstić information content (AvgIpc) is 3.59. The minimum absolute atomic E-state index is 0.182. The van der Waals surface area contributed by atoms with Gasteiger partial charge in [0.2, 0.25) is 0 Å². The van der Waals surface area contributed by atoms with Crippen LogP contribution in [0.3, 0.4) is 0 Å². The third kappa shape index (κ3) is 3.83. The fraction of sp³-hybridized carbons (Fsp3) is 0.630. The molecule has 3 aliphatic heterocycles. The fourth-order valence-corrected chi connectivity index (χ4v) is 7.06. The van der Waals surface area contributed by atoms with Gasteiger partial charge >= 0.3 is 5.97 Å². The van der Waals surface area contributed by atoms with Crippen molar-refractivity contribution in [3.05, 3.63) is 42.5 Å². The van der Waals surface area contributed by atoms with E-state index in [0.717, 1.165) is 50.2 Å². The zero-order valence-corrected chi connectivity index (χ0v) is 20.3. The Labute approximate surface area is 202 Å². The number of likely N-dealkylation sites (tertiary alicyclic amines) is 1. The Morgan fingerprint density at radius 3 is 2.85 bits per heavy atom. The Hall–Kier alpha value is -2.06. The van der Waals surface area contributed by atoms with E-state index in [9.17, 15) is 4.79 Å². The van der Waals surface area contributed by atoms with Gasteiger partial charge in [-0.25, -0.2) is 0 Å². The molecule has 3 fully saturated rings. The van der Waals surface area contributed by atoms with Gasteiger partial charge < -0.3 is 18.9 Å². The quantitative estimate of drug-likeness (QED) is 0.408. The lowest BCUT2D eigenvalue weighted by Crippen LogP contribution is -2.58. The van der Waals surface area contributed by atoms with E-state index in [1.807, 2.05) is 12.1 Å². The van der Waals surface area contributed by atoms with Crippen LogP contribution in [0.25, 0.3) is 0 Å². The molecule has 34 heavy (non-hydrogen) atoms. The van der Waals surface area contributed by atoms with Crippen LogP contribution in [0.1, 0.15) is 31.2 Å². The van der Waals surface area contributed by atoms with Gasteiger partial charge in [0.1, 0.15) is 0 Å².